The fraction of sp³-hybridized carbons (Fsp3) is 0.471. The van der Waals surface area contributed by atoms with Gasteiger partial charge in [0.15, 0.2) is 5.13 Å². The monoisotopic (exact) mass is 334 g/mol. The molecule has 1 aromatic carbocycles. The van der Waals surface area contributed by atoms with E-state index in [9.17, 15) is 9.50 Å². The van der Waals surface area contributed by atoms with E-state index in [1.54, 1.807) is 23.5 Å². The molecular formula is C17H19FN2O2S. The van der Waals surface area contributed by atoms with Gasteiger partial charge in [0.05, 0.1) is 18.9 Å². The van der Waals surface area contributed by atoms with E-state index in [1.165, 1.54) is 12.1 Å². The second-order valence-corrected chi connectivity index (χ2v) is 7.30. The van der Waals surface area contributed by atoms with Crippen molar-refractivity contribution in [2.75, 3.05) is 37.8 Å². The van der Waals surface area contributed by atoms with Gasteiger partial charge in [0, 0.05) is 36.1 Å². The van der Waals surface area contributed by atoms with E-state index in [0.717, 1.165) is 42.5 Å². The number of fused-ring (bicyclic) bond motifs is 1. The van der Waals surface area contributed by atoms with Crippen LogP contribution in [0.3, 0.4) is 0 Å². The smallest absolute Gasteiger partial charge is 0.185 e. The van der Waals surface area contributed by atoms with Gasteiger partial charge in [0.2, 0.25) is 0 Å². The highest BCUT2D eigenvalue weighted by Gasteiger charge is 2.48. The standard InChI is InChI=1S/C17H19FN2O2S/c18-14-3-1-12(2-4-14)15-8-23-16(19-15)20-7-13-5-6-22-11-17(13,9-20)10-21/h1-4,8,13,21H,5-7,9-11H2/t13-,17+/m0/s1. The lowest BCUT2D eigenvalue weighted by atomic mass is 9.76. The zero-order valence-electron chi connectivity index (χ0n) is 12.7. The second kappa shape index (κ2) is 5.85. The summed E-state index contributed by atoms with van der Waals surface area (Å²) in [6, 6.07) is 6.41. The molecule has 2 aliphatic rings. The number of anilines is 1. The number of rotatable bonds is 3. The van der Waals surface area contributed by atoms with E-state index < -0.39 is 0 Å². The van der Waals surface area contributed by atoms with Crippen molar-refractivity contribution in [3.63, 3.8) is 0 Å². The number of aromatic nitrogens is 1. The van der Waals surface area contributed by atoms with Crippen LogP contribution in [0.1, 0.15) is 6.42 Å². The maximum absolute atomic E-state index is 13.0. The van der Waals surface area contributed by atoms with Gasteiger partial charge in [-0.25, -0.2) is 9.37 Å². The summed E-state index contributed by atoms with van der Waals surface area (Å²) < 4.78 is 18.7. The van der Waals surface area contributed by atoms with Gasteiger partial charge < -0.3 is 14.7 Å². The number of ether oxygens (including phenoxy) is 1. The highest BCUT2D eigenvalue weighted by molar-refractivity contribution is 7.14. The van der Waals surface area contributed by atoms with Gasteiger partial charge in [0.25, 0.3) is 0 Å². The minimum absolute atomic E-state index is 0.153. The maximum Gasteiger partial charge on any atom is 0.185 e. The number of halogens is 1. The van der Waals surface area contributed by atoms with Crippen molar-refractivity contribution < 1.29 is 14.2 Å². The van der Waals surface area contributed by atoms with Crippen molar-refractivity contribution in [1.82, 2.24) is 4.98 Å². The number of aliphatic hydroxyl groups excluding tert-OH is 1. The number of aliphatic hydroxyl groups is 1. The summed E-state index contributed by atoms with van der Waals surface area (Å²) in [7, 11) is 0. The first-order chi connectivity index (χ1) is 11.2. The molecule has 0 amide bonds. The molecule has 23 heavy (non-hydrogen) atoms. The Balaban J connectivity index is 1.56. The molecule has 2 saturated heterocycles. The quantitative estimate of drug-likeness (QED) is 0.937. The van der Waals surface area contributed by atoms with Gasteiger partial charge in [-0.15, -0.1) is 11.3 Å². The van der Waals surface area contributed by atoms with Crippen LogP contribution in [0.4, 0.5) is 9.52 Å². The van der Waals surface area contributed by atoms with E-state index in [-0.39, 0.29) is 17.8 Å². The summed E-state index contributed by atoms with van der Waals surface area (Å²) in [5.41, 5.74) is 1.64. The Kier molecular flexibility index (Phi) is 3.83. The predicted octanol–water partition coefficient (Wildman–Crippen LogP) is 2.78. The molecule has 1 aromatic heterocycles. The van der Waals surface area contributed by atoms with Crippen LogP contribution in [0.2, 0.25) is 0 Å². The van der Waals surface area contributed by atoms with Crippen LogP contribution in [0.15, 0.2) is 29.6 Å². The topological polar surface area (TPSA) is 45.6 Å². The van der Waals surface area contributed by atoms with Crippen LogP contribution in [0.25, 0.3) is 11.3 Å². The molecule has 2 aromatic rings. The molecule has 0 aliphatic carbocycles. The van der Waals surface area contributed by atoms with Gasteiger partial charge in [-0.1, -0.05) is 0 Å². The van der Waals surface area contributed by atoms with E-state index >= 15 is 0 Å². The zero-order chi connectivity index (χ0) is 15.9. The fourth-order valence-corrected chi connectivity index (χ4v) is 4.47. The average Bonchev–Trinajstić information content (AvgIpc) is 3.20. The van der Waals surface area contributed by atoms with Crippen molar-refractivity contribution in [2.24, 2.45) is 11.3 Å². The van der Waals surface area contributed by atoms with Gasteiger partial charge in [0.1, 0.15) is 5.82 Å². The van der Waals surface area contributed by atoms with Crippen molar-refractivity contribution >= 4 is 16.5 Å². The fourth-order valence-electron chi connectivity index (χ4n) is 3.63. The molecule has 122 valence electrons. The molecule has 4 rings (SSSR count). The van der Waals surface area contributed by atoms with E-state index in [0.29, 0.717) is 12.5 Å². The minimum atomic E-state index is -0.238. The number of nitrogens with zero attached hydrogens (tertiary/aromatic N) is 2. The van der Waals surface area contributed by atoms with Crippen LogP contribution in [-0.4, -0.2) is 43.0 Å². The highest BCUT2D eigenvalue weighted by Crippen LogP contribution is 2.43. The lowest BCUT2D eigenvalue weighted by Crippen LogP contribution is -2.42. The van der Waals surface area contributed by atoms with Crippen LogP contribution in [0.5, 0.6) is 0 Å². The predicted molar refractivity (Wildman–Crippen MR) is 88.2 cm³/mol. The van der Waals surface area contributed by atoms with Gasteiger partial charge in [-0.2, -0.15) is 0 Å². The number of thiazole rings is 1. The van der Waals surface area contributed by atoms with E-state index in [4.69, 9.17) is 9.72 Å². The number of hydrogen-bond donors (Lipinski definition) is 1. The average molecular weight is 334 g/mol. The molecule has 3 heterocycles. The summed E-state index contributed by atoms with van der Waals surface area (Å²) in [4.78, 5) is 6.97. The van der Waals surface area contributed by atoms with E-state index in [2.05, 4.69) is 4.90 Å². The van der Waals surface area contributed by atoms with Crippen LogP contribution < -0.4 is 4.90 Å². The molecule has 2 atom stereocenters. The molecule has 2 aliphatic heterocycles. The molecule has 0 radical (unpaired) electrons. The molecule has 1 N–H and O–H groups in total. The normalized spacial score (nSPS) is 27.2. The first kappa shape index (κ1) is 15.1. The van der Waals surface area contributed by atoms with Crippen molar-refractivity contribution in [2.45, 2.75) is 6.42 Å². The Labute approximate surface area is 138 Å². The van der Waals surface area contributed by atoms with Crippen molar-refractivity contribution in [1.29, 1.82) is 0 Å². The molecule has 6 heteroatoms. The minimum Gasteiger partial charge on any atom is -0.396 e. The third kappa shape index (κ3) is 2.65. The molecule has 2 fully saturated rings. The summed E-state index contributed by atoms with van der Waals surface area (Å²) in [6.07, 6.45) is 0.993. The Hall–Kier alpha value is -1.50. The summed E-state index contributed by atoms with van der Waals surface area (Å²) in [6.45, 7) is 3.26. The van der Waals surface area contributed by atoms with Crippen LogP contribution in [0, 0.1) is 17.2 Å². The molecule has 0 spiro atoms. The third-order valence-corrected chi connectivity index (χ3v) is 5.93. The Bertz CT molecular complexity index is 690. The van der Waals surface area contributed by atoms with Gasteiger partial charge >= 0.3 is 0 Å². The van der Waals surface area contributed by atoms with Gasteiger partial charge in [-0.3, -0.25) is 0 Å². The van der Waals surface area contributed by atoms with Crippen LogP contribution in [-0.2, 0) is 4.74 Å². The first-order valence-electron chi connectivity index (χ1n) is 7.85. The number of benzene rings is 1. The zero-order valence-corrected chi connectivity index (χ0v) is 13.6. The van der Waals surface area contributed by atoms with Crippen molar-refractivity contribution in [3.05, 3.63) is 35.5 Å². The lowest BCUT2D eigenvalue weighted by molar-refractivity contribution is -0.0543. The van der Waals surface area contributed by atoms with E-state index in [1.807, 2.05) is 5.38 Å². The highest BCUT2D eigenvalue weighted by atomic mass is 32.1. The Morgan fingerprint density at radius 2 is 2.22 bits per heavy atom. The van der Waals surface area contributed by atoms with Crippen LogP contribution >= 0.6 is 11.3 Å². The Morgan fingerprint density at radius 3 is 2.96 bits per heavy atom. The third-order valence-electron chi connectivity index (χ3n) is 5.03. The summed E-state index contributed by atoms with van der Waals surface area (Å²) in [5.74, 6) is 0.220. The SMILES string of the molecule is OC[C@]12COCC[C@H]1CN(c1nc(-c3ccc(F)cc3)cs1)C2. The Morgan fingerprint density at radius 1 is 1.39 bits per heavy atom. The maximum atomic E-state index is 13.0. The largest absolute Gasteiger partial charge is 0.396 e. The lowest BCUT2D eigenvalue weighted by Gasteiger charge is -2.36. The number of hydrogen-bond acceptors (Lipinski definition) is 5. The molecule has 4 nitrogen and oxygen atoms in total. The molecular weight excluding hydrogens is 315 g/mol. The first-order valence-corrected chi connectivity index (χ1v) is 8.73. The molecule has 0 unspecified atom stereocenters. The van der Waals surface area contributed by atoms with Gasteiger partial charge in [-0.05, 0) is 36.6 Å². The molecule has 0 saturated carbocycles. The molecule has 0 bridgehead atoms. The summed E-state index contributed by atoms with van der Waals surface area (Å²) >= 11 is 1.60. The van der Waals surface area contributed by atoms with Crippen molar-refractivity contribution in [3.8, 4) is 11.3 Å². The second-order valence-electron chi connectivity index (χ2n) is 6.46. The summed E-state index contributed by atoms with van der Waals surface area (Å²) in [5, 5.41) is 12.8.